The van der Waals surface area contributed by atoms with Crippen LogP contribution in [0.2, 0.25) is 0 Å². The third kappa shape index (κ3) is 6.98. The molecule has 92 valence electrons. The number of alkyl halides is 3. The van der Waals surface area contributed by atoms with E-state index in [0.29, 0.717) is 5.75 Å². The third-order valence-electron chi connectivity index (χ3n) is 1.29. The molecule has 2 nitrogen and oxygen atoms in total. The van der Waals surface area contributed by atoms with E-state index in [4.69, 9.17) is 4.74 Å². The summed E-state index contributed by atoms with van der Waals surface area (Å²) in [7, 11) is 1.43. The van der Waals surface area contributed by atoms with Crippen molar-refractivity contribution in [1.29, 1.82) is 0 Å². The topological polar surface area (TPSA) is 18.5 Å². The molecule has 0 saturated carbocycles. The van der Waals surface area contributed by atoms with E-state index in [-0.39, 0.29) is 5.75 Å². The maximum absolute atomic E-state index is 11.7. The molecular formula is C11H15F3O2. The van der Waals surface area contributed by atoms with Gasteiger partial charge in [0.25, 0.3) is 0 Å². The first-order chi connectivity index (χ1) is 7.42. The van der Waals surface area contributed by atoms with Gasteiger partial charge in [0, 0.05) is 0 Å². The summed E-state index contributed by atoms with van der Waals surface area (Å²) in [4.78, 5) is 0. The summed E-state index contributed by atoms with van der Waals surface area (Å²) in [6, 6.07) is 5.15. The van der Waals surface area contributed by atoms with E-state index in [1.807, 2.05) is 0 Å². The van der Waals surface area contributed by atoms with Crippen molar-refractivity contribution in [2.75, 3.05) is 7.11 Å². The first-order valence-electron chi connectivity index (χ1n) is 4.82. The van der Waals surface area contributed by atoms with Crippen LogP contribution >= 0.6 is 0 Å². The Labute approximate surface area is 93.0 Å². The van der Waals surface area contributed by atoms with Crippen molar-refractivity contribution in [3.8, 4) is 11.5 Å². The van der Waals surface area contributed by atoms with Crippen LogP contribution in [0, 0.1) is 0 Å². The number of rotatable bonds is 2. The van der Waals surface area contributed by atoms with Crippen LogP contribution in [-0.4, -0.2) is 13.5 Å². The van der Waals surface area contributed by atoms with Gasteiger partial charge in [0.1, 0.15) is 11.5 Å². The summed E-state index contributed by atoms with van der Waals surface area (Å²) >= 11 is 0. The minimum absolute atomic E-state index is 0.256. The van der Waals surface area contributed by atoms with Gasteiger partial charge >= 0.3 is 6.36 Å². The average molecular weight is 236 g/mol. The Morgan fingerprint density at radius 1 is 1.00 bits per heavy atom. The van der Waals surface area contributed by atoms with Gasteiger partial charge in [-0.2, -0.15) is 0 Å². The second-order valence-corrected chi connectivity index (χ2v) is 2.93. The summed E-state index contributed by atoms with van der Waals surface area (Å²) in [6.07, 6.45) is -3.39. The molecule has 0 amide bonds. The summed E-state index contributed by atoms with van der Waals surface area (Å²) in [5, 5.41) is 0. The summed E-state index contributed by atoms with van der Waals surface area (Å²) < 4.78 is 43.4. The predicted molar refractivity (Wildman–Crippen MR) is 55.6 cm³/mol. The Hall–Kier alpha value is -1.39. The van der Waals surface area contributed by atoms with Crippen molar-refractivity contribution in [3.05, 3.63) is 24.3 Å². The molecule has 0 aliphatic heterocycles. The highest BCUT2D eigenvalue weighted by atomic mass is 19.4. The first-order valence-corrected chi connectivity index (χ1v) is 4.82. The van der Waals surface area contributed by atoms with Crippen molar-refractivity contribution >= 4 is 0 Å². The maximum atomic E-state index is 11.7. The average Bonchev–Trinajstić information content (AvgIpc) is 2.18. The molecule has 0 N–H and O–H groups in total. The monoisotopic (exact) mass is 236 g/mol. The molecular weight excluding hydrogens is 221 g/mol. The van der Waals surface area contributed by atoms with Crippen LogP contribution in [0.5, 0.6) is 11.5 Å². The lowest BCUT2D eigenvalue weighted by Crippen LogP contribution is -2.16. The van der Waals surface area contributed by atoms with Gasteiger partial charge in [-0.15, -0.1) is 13.2 Å². The Kier molecular flexibility index (Phi) is 6.37. The zero-order valence-electron chi connectivity index (χ0n) is 9.47. The Morgan fingerprint density at radius 3 is 1.69 bits per heavy atom. The van der Waals surface area contributed by atoms with Crippen LogP contribution in [-0.2, 0) is 0 Å². The van der Waals surface area contributed by atoms with Crippen LogP contribution in [0.25, 0.3) is 0 Å². The van der Waals surface area contributed by atoms with E-state index in [0.717, 1.165) is 0 Å². The SMILES string of the molecule is CCC.COc1ccc(OC(F)(F)F)cc1. The fourth-order valence-corrected chi connectivity index (χ4v) is 0.777. The van der Waals surface area contributed by atoms with Crippen LogP contribution in [0.1, 0.15) is 20.3 Å². The number of methoxy groups -OCH3 is 1. The number of hydrogen-bond acceptors (Lipinski definition) is 2. The van der Waals surface area contributed by atoms with Crippen LogP contribution < -0.4 is 9.47 Å². The van der Waals surface area contributed by atoms with Crippen LogP contribution in [0.4, 0.5) is 13.2 Å². The second kappa shape index (κ2) is 6.98. The van der Waals surface area contributed by atoms with E-state index in [1.54, 1.807) is 0 Å². The van der Waals surface area contributed by atoms with Gasteiger partial charge in [-0.25, -0.2) is 0 Å². The molecule has 0 bridgehead atoms. The highest BCUT2D eigenvalue weighted by molar-refractivity contribution is 5.31. The molecule has 0 unspecified atom stereocenters. The molecule has 0 aliphatic rings. The van der Waals surface area contributed by atoms with E-state index in [2.05, 4.69) is 18.6 Å². The lowest BCUT2D eigenvalue weighted by molar-refractivity contribution is -0.274. The largest absolute Gasteiger partial charge is 0.573 e. The summed E-state index contributed by atoms with van der Waals surface area (Å²) in [5.41, 5.74) is 0. The van der Waals surface area contributed by atoms with Gasteiger partial charge in [-0.05, 0) is 24.3 Å². The van der Waals surface area contributed by atoms with E-state index in [1.165, 1.54) is 37.8 Å². The Bertz CT molecular complexity index is 280. The highest BCUT2D eigenvalue weighted by Crippen LogP contribution is 2.24. The molecule has 0 fully saturated rings. The normalized spacial score (nSPS) is 10.1. The Morgan fingerprint density at radius 2 is 1.38 bits per heavy atom. The van der Waals surface area contributed by atoms with Crippen molar-refractivity contribution < 1.29 is 22.6 Å². The molecule has 0 saturated heterocycles. The van der Waals surface area contributed by atoms with Gasteiger partial charge in [0.2, 0.25) is 0 Å². The van der Waals surface area contributed by atoms with E-state index < -0.39 is 6.36 Å². The quantitative estimate of drug-likeness (QED) is 0.772. The smallest absolute Gasteiger partial charge is 0.497 e. The molecule has 0 spiro atoms. The maximum Gasteiger partial charge on any atom is 0.573 e. The van der Waals surface area contributed by atoms with Crippen molar-refractivity contribution in [2.24, 2.45) is 0 Å². The number of halogens is 3. The molecule has 0 aromatic heterocycles. The lowest BCUT2D eigenvalue weighted by Gasteiger charge is -2.08. The van der Waals surface area contributed by atoms with E-state index >= 15 is 0 Å². The highest BCUT2D eigenvalue weighted by Gasteiger charge is 2.30. The molecule has 1 aromatic rings. The van der Waals surface area contributed by atoms with Gasteiger partial charge in [-0.1, -0.05) is 20.3 Å². The zero-order chi connectivity index (χ0) is 12.6. The molecule has 5 heteroatoms. The van der Waals surface area contributed by atoms with Gasteiger partial charge in [0.05, 0.1) is 7.11 Å². The van der Waals surface area contributed by atoms with Gasteiger partial charge in [-0.3, -0.25) is 0 Å². The molecule has 0 aliphatic carbocycles. The fourth-order valence-electron chi connectivity index (χ4n) is 0.777. The Balaban J connectivity index is 0.000000673. The molecule has 16 heavy (non-hydrogen) atoms. The van der Waals surface area contributed by atoms with Crippen molar-refractivity contribution in [2.45, 2.75) is 26.6 Å². The van der Waals surface area contributed by atoms with Crippen molar-refractivity contribution in [1.82, 2.24) is 0 Å². The second-order valence-electron chi connectivity index (χ2n) is 2.93. The first kappa shape index (κ1) is 14.6. The molecule has 0 atom stereocenters. The number of benzene rings is 1. The summed E-state index contributed by atoms with van der Waals surface area (Å²) in [5.74, 6) is 0.225. The minimum Gasteiger partial charge on any atom is -0.497 e. The molecule has 1 aromatic carbocycles. The summed E-state index contributed by atoms with van der Waals surface area (Å²) in [6.45, 7) is 4.25. The van der Waals surface area contributed by atoms with E-state index in [9.17, 15) is 13.2 Å². The predicted octanol–water partition coefficient (Wildman–Crippen LogP) is 4.01. The molecule has 1 rings (SSSR count). The lowest BCUT2D eigenvalue weighted by atomic mass is 10.3. The molecule has 0 radical (unpaired) electrons. The van der Waals surface area contributed by atoms with Crippen LogP contribution in [0.15, 0.2) is 24.3 Å². The van der Waals surface area contributed by atoms with Gasteiger partial charge in [0.15, 0.2) is 0 Å². The van der Waals surface area contributed by atoms with Crippen molar-refractivity contribution in [3.63, 3.8) is 0 Å². The third-order valence-corrected chi connectivity index (χ3v) is 1.29. The number of ether oxygens (including phenoxy) is 2. The number of hydrogen-bond donors (Lipinski definition) is 0. The standard InChI is InChI=1S/C8H7F3O2.C3H8/c1-12-6-2-4-7(5-3-6)13-8(9,10)11;1-3-2/h2-5H,1H3;3H2,1-2H3. The molecule has 0 heterocycles. The van der Waals surface area contributed by atoms with Crippen LogP contribution in [0.3, 0.4) is 0 Å². The minimum atomic E-state index is -4.64. The zero-order valence-corrected chi connectivity index (χ0v) is 9.47. The van der Waals surface area contributed by atoms with Gasteiger partial charge < -0.3 is 9.47 Å². The fraction of sp³-hybridized carbons (Fsp3) is 0.455.